The molecule has 30 heavy (non-hydrogen) atoms. The van der Waals surface area contributed by atoms with Crippen molar-refractivity contribution in [1.82, 2.24) is 0 Å². The first-order valence-electron chi connectivity index (χ1n) is 10.8. The van der Waals surface area contributed by atoms with Crippen molar-refractivity contribution in [3.8, 4) is 17.6 Å². The largest absolute Gasteiger partial charge is 0.511 e. The molecular weight excluding hydrogens is 402 g/mol. The molecule has 0 saturated heterocycles. The first-order chi connectivity index (χ1) is 14.2. The third kappa shape index (κ3) is 5.35. The van der Waals surface area contributed by atoms with Gasteiger partial charge in [0, 0.05) is 18.0 Å². The third-order valence-electron chi connectivity index (χ3n) is 6.06. The van der Waals surface area contributed by atoms with Gasteiger partial charge in [0.1, 0.15) is 10.6 Å². The highest BCUT2D eigenvalue weighted by molar-refractivity contribution is 7.17. The van der Waals surface area contributed by atoms with Gasteiger partial charge in [-0.15, -0.1) is 11.3 Å². The van der Waals surface area contributed by atoms with Crippen molar-refractivity contribution in [3.05, 3.63) is 10.9 Å². The molecule has 2 fully saturated rings. The summed E-state index contributed by atoms with van der Waals surface area (Å²) < 4.78 is 5.01. The van der Waals surface area contributed by atoms with Crippen LogP contribution in [0.1, 0.15) is 77.0 Å². The number of carbonyl (C=O) groups is 2. The van der Waals surface area contributed by atoms with Gasteiger partial charge in [-0.3, -0.25) is 9.69 Å². The number of rotatable bonds is 4. The van der Waals surface area contributed by atoms with E-state index in [4.69, 9.17) is 4.74 Å². The van der Waals surface area contributed by atoms with Gasteiger partial charge in [-0.25, -0.2) is 4.79 Å². The minimum absolute atomic E-state index is 0.0166. The maximum Gasteiger partial charge on any atom is 0.511 e. The number of hydrogen-bond acceptors (Lipinski definition) is 5. The quantitative estimate of drug-likeness (QED) is 0.514. The van der Waals surface area contributed by atoms with Crippen molar-refractivity contribution in [2.75, 3.05) is 4.90 Å². The van der Waals surface area contributed by atoms with Gasteiger partial charge in [0.15, 0.2) is 5.75 Å². The average molecular weight is 434 g/mol. The van der Waals surface area contributed by atoms with E-state index in [1.807, 2.05) is 13.8 Å². The van der Waals surface area contributed by atoms with Crippen LogP contribution >= 0.6 is 11.3 Å². The van der Waals surface area contributed by atoms with Gasteiger partial charge < -0.3 is 14.9 Å². The van der Waals surface area contributed by atoms with E-state index in [2.05, 4.69) is 18.8 Å². The lowest BCUT2D eigenvalue weighted by molar-refractivity contribution is -0.123. The molecule has 0 aromatic carbocycles. The van der Waals surface area contributed by atoms with E-state index >= 15 is 0 Å². The summed E-state index contributed by atoms with van der Waals surface area (Å²) in [6.45, 7) is 6.04. The topological polar surface area (TPSA) is 87.1 Å². The summed E-state index contributed by atoms with van der Waals surface area (Å²) in [4.78, 5) is 26.9. The lowest BCUT2D eigenvalue weighted by Gasteiger charge is -2.33. The number of hydrogen-bond donors (Lipinski definition) is 2. The van der Waals surface area contributed by atoms with Gasteiger partial charge in [-0.2, -0.15) is 0 Å². The molecule has 0 unspecified atom stereocenters. The highest BCUT2D eigenvalue weighted by Crippen LogP contribution is 2.41. The van der Waals surface area contributed by atoms with Crippen molar-refractivity contribution in [2.45, 2.75) is 83.8 Å². The summed E-state index contributed by atoms with van der Waals surface area (Å²) in [5.74, 6) is 6.65. The van der Waals surface area contributed by atoms with Crippen LogP contribution in [-0.2, 0) is 4.79 Å². The second kappa shape index (κ2) is 9.40. The smallest absolute Gasteiger partial charge is 0.449 e. The van der Waals surface area contributed by atoms with E-state index in [-0.39, 0.29) is 23.6 Å². The number of anilines is 1. The minimum atomic E-state index is -1.43. The van der Waals surface area contributed by atoms with Crippen LogP contribution in [0.15, 0.2) is 6.07 Å². The van der Waals surface area contributed by atoms with Crippen LogP contribution in [0, 0.1) is 23.7 Å². The second-order valence-corrected chi connectivity index (χ2v) is 9.93. The Morgan fingerprint density at radius 1 is 1.23 bits per heavy atom. The molecule has 2 aliphatic carbocycles. The molecule has 164 valence electrons. The molecule has 1 amide bonds. The van der Waals surface area contributed by atoms with Gasteiger partial charge in [0.25, 0.3) is 0 Å². The SMILES string of the molecule is CC(C)N(c1sc(C#CC2(O)CCCC2)cc1OC(=O)O)C(=O)[C@H]1CC[C@H](C)CC1. The number of amides is 1. The molecule has 0 bridgehead atoms. The molecule has 3 rings (SSSR count). The Kier molecular flexibility index (Phi) is 7.10. The Labute approximate surface area is 182 Å². The number of aliphatic hydroxyl groups is 1. The van der Waals surface area contributed by atoms with Gasteiger partial charge in [-0.05, 0) is 71.1 Å². The van der Waals surface area contributed by atoms with E-state index in [1.54, 1.807) is 11.0 Å². The van der Waals surface area contributed by atoms with Gasteiger partial charge >= 0.3 is 6.16 Å². The van der Waals surface area contributed by atoms with E-state index in [9.17, 15) is 19.8 Å². The highest BCUT2D eigenvalue weighted by Gasteiger charge is 2.33. The predicted molar refractivity (Wildman–Crippen MR) is 117 cm³/mol. The second-order valence-electron chi connectivity index (χ2n) is 8.90. The Morgan fingerprint density at radius 3 is 2.43 bits per heavy atom. The molecule has 0 atom stereocenters. The van der Waals surface area contributed by atoms with Crippen LogP contribution < -0.4 is 9.64 Å². The summed E-state index contributed by atoms with van der Waals surface area (Å²) in [7, 11) is 0. The molecule has 0 spiro atoms. The molecule has 1 aromatic heterocycles. The summed E-state index contributed by atoms with van der Waals surface area (Å²) in [6, 6.07) is 1.41. The fourth-order valence-electron chi connectivity index (χ4n) is 4.32. The number of thiophene rings is 1. The van der Waals surface area contributed by atoms with E-state index in [1.165, 1.54) is 11.3 Å². The fourth-order valence-corrected chi connectivity index (χ4v) is 5.39. The zero-order chi connectivity index (χ0) is 21.9. The summed E-state index contributed by atoms with van der Waals surface area (Å²) >= 11 is 1.24. The maximum atomic E-state index is 13.4. The standard InChI is InChI=1S/C23H31NO5S/c1-15(2)24(20(25)17-8-6-16(3)7-9-17)21-19(29-22(26)27)14-18(30-21)10-13-23(28)11-4-5-12-23/h14-17,28H,4-9,11-12H2,1-3H3,(H,26,27)/t16-,17-. The van der Waals surface area contributed by atoms with Crippen LogP contribution in [0.5, 0.6) is 5.75 Å². The molecule has 1 aromatic rings. The van der Waals surface area contributed by atoms with Crippen molar-refractivity contribution in [2.24, 2.45) is 11.8 Å². The van der Waals surface area contributed by atoms with Crippen molar-refractivity contribution >= 4 is 28.4 Å². The monoisotopic (exact) mass is 433 g/mol. The molecule has 1 heterocycles. The van der Waals surface area contributed by atoms with Crippen LogP contribution in [0.3, 0.4) is 0 Å². The number of carboxylic acid groups (broad SMARTS) is 1. The van der Waals surface area contributed by atoms with Crippen molar-refractivity contribution in [3.63, 3.8) is 0 Å². The number of nitrogens with zero attached hydrogens (tertiary/aromatic N) is 1. The fraction of sp³-hybridized carbons (Fsp3) is 0.652. The lowest BCUT2D eigenvalue weighted by Crippen LogP contribution is -2.42. The first-order valence-corrected chi connectivity index (χ1v) is 11.6. The Hall–Kier alpha value is -2.04. The van der Waals surface area contributed by atoms with E-state index in [0.717, 1.165) is 38.5 Å². The molecule has 6 nitrogen and oxygen atoms in total. The zero-order valence-corrected chi connectivity index (χ0v) is 18.8. The Morgan fingerprint density at radius 2 is 1.87 bits per heavy atom. The summed E-state index contributed by atoms with van der Waals surface area (Å²) in [5, 5.41) is 20.1. The summed E-state index contributed by atoms with van der Waals surface area (Å²) in [6.07, 6.45) is 5.52. The van der Waals surface area contributed by atoms with E-state index < -0.39 is 11.8 Å². The average Bonchev–Trinajstić information content (AvgIpc) is 3.27. The van der Waals surface area contributed by atoms with Gasteiger partial charge in [0.05, 0.1) is 4.88 Å². The van der Waals surface area contributed by atoms with Crippen LogP contribution in [0.4, 0.5) is 9.80 Å². The molecule has 7 heteroatoms. The van der Waals surface area contributed by atoms with E-state index in [0.29, 0.717) is 28.6 Å². The minimum Gasteiger partial charge on any atom is -0.449 e. The van der Waals surface area contributed by atoms with Gasteiger partial charge in [-0.1, -0.05) is 18.8 Å². The number of carbonyl (C=O) groups excluding carboxylic acids is 1. The highest BCUT2D eigenvalue weighted by atomic mass is 32.1. The molecule has 0 aliphatic heterocycles. The normalized spacial score (nSPS) is 23.0. The summed E-state index contributed by atoms with van der Waals surface area (Å²) in [5.41, 5.74) is -0.982. The Bertz CT molecular complexity index is 836. The first kappa shape index (κ1) is 22.6. The maximum absolute atomic E-state index is 13.4. The predicted octanol–water partition coefficient (Wildman–Crippen LogP) is 5.03. The molecule has 2 aliphatic rings. The van der Waals surface area contributed by atoms with Crippen molar-refractivity contribution in [1.29, 1.82) is 0 Å². The van der Waals surface area contributed by atoms with Crippen LogP contribution in [0.2, 0.25) is 0 Å². The van der Waals surface area contributed by atoms with Gasteiger partial charge in [0.2, 0.25) is 5.91 Å². The molecular formula is C23H31NO5S. The van der Waals surface area contributed by atoms with Crippen molar-refractivity contribution < 1.29 is 24.5 Å². The number of ether oxygens (including phenoxy) is 1. The molecule has 0 radical (unpaired) electrons. The third-order valence-corrected chi connectivity index (χ3v) is 7.09. The lowest BCUT2D eigenvalue weighted by atomic mass is 9.82. The molecule has 2 N–H and O–H groups in total. The zero-order valence-electron chi connectivity index (χ0n) is 17.9. The van der Waals surface area contributed by atoms with Crippen LogP contribution in [-0.4, -0.2) is 33.9 Å². The van der Waals surface area contributed by atoms with Crippen LogP contribution in [0.25, 0.3) is 0 Å². The Balaban J connectivity index is 1.91. The molecule has 2 saturated carbocycles.